The lowest BCUT2D eigenvalue weighted by Gasteiger charge is -2.20. The van der Waals surface area contributed by atoms with Crippen molar-refractivity contribution in [1.29, 1.82) is 0 Å². The first-order valence-corrected chi connectivity index (χ1v) is 7.01. The average Bonchev–Trinajstić information content (AvgIpc) is 2.87. The smallest absolute Gasteiger partial charge is 0.305 e. The van der Waals surface area contributed by atoms with Crippen LogP contribution in [0.5, 0.6) is 0 Å². The Labute approximate surface area is 117 Å². The monoisotopic (exact) mass is 284 g/mol. The van der Waals surface area contributed by atoms with Gasteiger partial charge in [0.05, 0.1) is 12.1 Å². The lowest BCUT2D eigenvalue weighted by atomic mass is 9.86. The number of halogens is 2. The second kappa shape index (κ2) is 6.38. The number of carbonyl (C=O) groups is 1. The number of rotatable bonds is 4. The molecule has 2 rings (SSSR count). The highest BCUT2D eigenvalue weighted by Gasteiger charge is 2.29. The van der Waals surface area contributed by atoms with Gasteiger partial charge in [-0.15, -0.1) is 0 Å². The molecular weight excluding hydrogens is 267 g/mol. The second-order valence-corrected chi connectivity index (χ2v) is 5.49. The summed E-state index contributed by atoms with van der Waals surface area (Å²) >= 11 is 5.84. The molecule has 1 saturated carbocycles. The molecule has 0 amide bonds. The fourth-order valence-electron chi connectivity index (χ4n) is 2.97. The van der Waals surface area contributed by atoms with Gasteiger partial charge in [0.15, 0.2) is 0 Å². The molecule has 2 atom stereocenters. The molecule has 1 fully saturated rings. The molecular formula is C15H18ClFO2. The predicted molar refractivity (Wildman–Crippen MR) is 72.7 cm³/mol. The molecule has 0 N–H and O–H groups in total. The Morgan fingerprint density at radius 1 is 1.47 bits per heavy atom. The van der Waals surface area contributed by atoms with Gasteiger partial charge in [0, 0.05) is 6.42 Å². The first-order chi connectivity index (χ1) is 9.11. The van der Waals surface area contributed by atoms with Gasteiger partial charge in [-0.1, -0.05) is 24.1 Å². The molecule has 104 valence electrons. The largest absolute Gasteiger partial charge is 0.469 e. The minimum Gasteiger partial charge on any atom is -0.469 e. The summed E-state index contributed by atoms with van der Waals surface area (Å²) in [5.41, 5.74) is 1.08. The van der Waals surface area contributed by atoms with E-state index in [2.05, 4.69) is 4.74 Å². The van der Waals surface area contributed by atoms with Gasteiger partial charge >= 0.3 is 5.97 Å². The normalized spacial score (nSPS) is 22.5. The van der Waals surface area contributed by atoms with E-state index < -0.39 is 0 Å². The Morgan fingerprint density at radius 3 is 2.95 bits per heavy atom. The summed E-state index contributed by atoms with van der Waals surface area (Å²) in [6, 6.07) is 4.95. The van der Waals surface area contributed by atoms with Crippen molar-refractivity contribution in [2.45, 2.75) is 38.0 Å². The van der Waals surface area contributed by atoms with Gasteiger partial charge in [-0.3, -0.25) is 4.79 Å². The second-order valence-electron chi connectivity index (χ2n) is 5.09. The molecule has 2 nitrogen and oxygen atoms in total. The highest BCUT2D eigenvalue weighted by molar-refractivity contribution is 6.30. The standard InChI is InChI=1S/C15H18ClFO2/c1-19-15(18)8-6-10-3-2-4-12(10)11-5-7-14(17)13(16)9-11/h5,7,9-10,12H,2-4,6,8H2,1H3. The predicted octanol–water partition coefficient (Wildman–Crippen LogP) is 4.32. The molecule has 0 spiro atoms. The minimum absolute atomic E-state index is 0.164. The third kappa shape index (κ3) is 3.47. The number of esters is 1. The van der Waals surface area contributed by atoms with E-state index in [0.717, 1.165) is 31.2 Å². The van der Waals surface area contributed by atoms with Crippen LogP contribution in [0.15, 0.2) is 18.2 Å². The molecule has 1 aromatic rings. The van der Waals surface area contributed by atoms with Gasteiger partial charge in [0.25, 0.3) is 0 Å². The fraction of sp³-hybridized carbons (Fsp3) is 0.533. The minimum atomic E-state index is -0.380. The van der Waals surface area contributed by atoms with Crippen LogP contribution in [0.2, 0.25) is 5.02 Å². The molecule has 2 unspecified atom stereocenters. The van der Waals surface area contributed by atoms with Crippen molar-refractivity contribution in [1.82, 2.24) is 0 Å². The van der Waals surface area contributed by atoms with E-state index in [0.29, 0.717) is 18.3 Å². The SMILES string of the molecule is COC(=O)CCC1CCCC1c1ccc(F)c(Cl)c1. The van der Waals surface area contributed by atoms with Crippen molar-refractivity contribution in [3.63, 3.8) is 0 Å². The van der Waals surface area contributed by atoms with Crippen LogP contribution in [0.1, 0.15) is 43.6 Å². The van der Waals surface area contributed by atoms with Crippen LogP contribution in [0.4, 0.5) is 4.39 Å². The summed E-state index contributed by atoms with van der Waals surface area (Å²) in [5, 5.41) is 0.177. The van der Waals surface area contributed by atoms with E-state index in [9.17, 15) is 9.18 Å². The van der Waals surface area contributed by atoms with Gasteiger partial charge in [-0.2, -0.15) is 0 Å². The Bertz CT molecular complexity index is 461. The summed E-state index contributed by atoms with van der Waals surface area (Å²) in [7, 11) is 1.41. The summed E-state index contributed by atoms with van der Waals surface area (Å²) in [6.07, 6.45) is 4.61. The molecule has 1 aromatic carbocycles. The van der Waals surface area contributed by atoms with Crippen molar-refractivity contribution >= 4 is 17.6 Å². The molecule has 0 aromatic heterocycles. The summed E-state index contributed by atoms with van der Waals surface area (Å²) in [6.45, 7) is 0. The van der Waals surface area contributed by atoms with Crippen molar-refractivity contribution in [2.24, 2.45) is 5.92 Å². The summed E-state index contributed by atoms with van der Waals surface area (Å²) in [5.74, 6) is 0.292. The Kier molecular flexibility index (Phi) is 4.81. The topological polar surface area (TPSA) is 26.3 Å². The number of hydrogen-bond donors (Lipinski definition) is 0. The highest BCUT2D eigenvalue weighted by atomic mass is 35.5. The van der Waals surface area contributed by atoms with Crippen LogP contribution in [0.25, 0.3) is 0 Å². The van der Waals surface area contributed by atoms with Crippen LogP contribution in [-0.4, -0.2) is 13.1 Å². The maximum atomic E-state index is 13.2. The van der Waals surface area contributed by atoms with E-state index in [1.54, 1.807) is 6.07 Å². The zero-order valence-corrected chi connectivity index (χ0v) is 11.8. The molecule has 19 heavy (non-hydrogen) atoms. The van der Waals surface area contributed by atoms with Gasteiger partial charge in [-0.05, 0) is 48.8 Å². The van der Waals surface area contributed by atoms with Crippen molar-refractivity contribution in [2.75, 3.05) is 7.11 Å². The third-order valence-electron chi connectivity index (χ3n) is 3.98. The van der Waals surface area contributed by atoms with Crippen LogP contribution >= 0.6 is 11.6 Å². The first-order valence-electron chi connectivity index (χ1n) is 6.63. The number of methoxy groups -OCH3 is 1. The lowest BCUT2D eigenvalue weighted by Crippen LogP contribution is -2.10. The zero-order valence-electron chi connectivity index (χ0n) is 11.0. The maximum Gasteiger partial charge on any atom is 0.305 e. The number of carbonyl (C=O) groups excluding carboxylic acids is 1. The molecule has 0 aliphatic heterocycles. The van der Waals surface area contributed by atoms with Crippen LogP contribution in [-0.2, 0) is 9.53 Å². The van der Waals surface area contributed by atoms with Crippen LogP contribution < -0.4 is 0 Å². The average molecular weight is 285 g/mol. The molecule has 0 bridgehead atoms. The molecule has 0 heterocycles. The van der Waals surface area contributed by atoms with Crippen LogP contribution in [0.3, 0.4) is 0 Å². The lowest BCUT2D eigenvalue weighted by molar-refractivity contribution is -0.140. The Morgan fingerprint density at radius 2 is 2.26 bits per heavy atom. The van der Waals surface area contributed by atoms with E-state index in [1.807, 2.05) is 6.07 Å². The van der Waals surface area contributed by atoms with Crippen LogP contribution in [0, 0.1) is 11.7 Å². The molecule has 1 aliphatic carbocycles. The van der Waals surface area contributed by atoms with Gasteiger partial charge < -0.3 is 4.74 Å². The zero-order chi connectivity index (χ0) is 13.8. The highest BCUT2D eigenvalue weighted by Crippen LogP contribution is 2.42. The molecule has 0 saturated heterocycles. The van der Waals surface area contributed by atoms with E-state index in [4.69, 9.17) is 11.6 Å². The Balaban J connectivity index is 2.05. The van der Waals surface area contributed by atoms with Crippen molar-refractivity contribution in [3.05, 3.63) is 34.6 Å². The van der Waals surface area contributed by atoms with Gasteiger partial charge in [0.2, 0.25) is 0 Å². The van der Waals surface area contributed by atoms with Crippen molar-refractivity contribution in [3.8, 4) is 0 Å². The quantitative estimate of drug-likeness (QED) is 0.770. The van der Waals surface area contributed by atoms with Gasteiger partial charge in [-0.25, -0.2) is 4.39 Å². The van der Waals surface area contributed by atoms with E-state index in [1.165, 1.54) is 13.2 Å². The number of benzene rings is 1. The first kappa shape index (κ1) is 14.3. The number of ether oxygens (including phenoxy) is 1. The van der Waals surface area contributed by atoms with Gasteiger partial charge in [0.1, 0.15) is 5.82 Å². The molecule has 1 aliphatic rings. The molecule has 0 radical (unpaired) electrons. The third-order valence-corrected chi connectivity index (χ3v) is 4.27. The fourth-order valence-corrected chi connectivity index (χ4v) is 3.16. The Hall–Kier alpha value is -1.09. The van der Waals surface area contributed by atoms with E-state index in [-0.39, 0.29) is 16.8 Å². The molecule has 4 heteroatoms. The number of hydrogen-bond acceptors (Lipinski definition) is 2. The maximum absolute atomic E-state index is 13.2. The summed E-state index contributed by atoms with van der Waals surface area (Å²) < 4.78 is 17.9. The van der Waals surface area contributed by atoms with E-state index >= 15 is 0 Å². The van der Waals surface area contributed by atoms with Crippen molar-refractivity contribution < 1.29 is 13.9 Å². The summed E-state index contributed by atoms with van der Waals surface area (Å²) in [4.78, 5) is 11.2.